The summed E-state index contributed by atoms with van der Waals surface area (Å²) in [5.74, 6) is 2.20. The van der Waals surface area contributed by atoms with E-state index in [9.17, 15) is 0 Å². The minimum atomic E-state index is 0.676. The fraction of sp³-hybridized carbons (Fsp3) is 0.188. The molecule has 0 aliphatic heterocycles. The van der Waals surface area contributed by atoms with E-state index < -0.39 is 0 Å². The predicted molar refractivity (Wildman–Crippen MR) is 89.3 cm³/mol. The summed E-state index contributed by atoms with van der Waals surface area (Å²) in [6, 6.07) is 9.48. The number of halogens is 1. The first kappa shape index (κ1) is 15.3. The lowest BCUT2D eigenvalue weighted by Crippen LogP contribution is -1.93. The van der Waals surface area contributed by atoms with E-state index in [1.54, 1.807) is 25.4 Å². The van der Waals surface area contributed by atoms with Gasteiger partial charge in [0.15, 0.2) is 5.82 Å². The molecule has 0 unspecified atom stereocenters. The summed E-state index contributed by atoms with van der Waals surface area (Å²) in [6.45, 7) is 0. The molecule has 0 spiro atoms. The van der Waals surface area contributed by atoms with Gasteiger partial charge in [0.25, 0.3) is 0 Å². The molecule has 3 aromatic rings. The van der Waals surface area contributed by atoms with Crippen LogP contribution in [0, 0.1) is 0 Å². The number of nitrogens with one attached hydrogen (secondary N) is 2. The molecular formula is C16H16ClN5O. The van der Waals surface area contributed by atoms with Gasteiger partial charge in [-0.2, -0.15) is 5.10 Å². The number of hydrogen-bond donors (Lipinski definition) is 2. The Morgan fingerprint density at radius 1 is 1.17 bits per heavy atom. The molecule has 0 saturated heterocycles. The molecule has 3 rings (SSSR count). The van der Waals surface area contributed by atoms with Crippen molar-refractivity contribution in [3.05, 3.63) is 59.1 Å². The Morgan fingerprint density at radius 2 is 2.09 bits per heavy atom. The fourth-order valence-corrected chi connectivity index (χ4v) is 2.46. The molecule has 7 heteroatoms. The summed E-state index contributed by atoms with van der Waals surface area (Å²) in [6.07, 6.45) is 4.83. The van der Waals surface area contributed by atoms with Gasteiger partial charge in [0.05, 0.1) is 7.11 Å². The highest BCUT2D eigenvalue weighted by atomic mass is 35.5. The number of benzene rings is 1. The van der Waals surface area contributed by atoms with E-state index in [0.29, 0.717) is 10.8 Å². The first-order valence-electron chi connectivity index (χ1n) is 7.14. The van der Waals surface area contributed by atoms with Gasteiger partial charge in [0.1, 0.15) is 17.9 Å². The van der Waals surface area contributed by atoms with Crippen LogP contribution in [0.1, 0.15) is 11.3 Å². The predicted octanol–water partition coefficient (Wildman–Crippen LogP) is 3.39. The number of aryl methyl sites for hydroxylation is 2. The van der Waals surface area contributed by atoms with E-state index in [1.165, 1.54) is 6.33 Å². The number of anilines is 2. The van der Waals surface area contributed by atoms with Crippen molar-refractivity contribution in [1.29, 1.82) is 0 Å². The third kappa shape index (κ3) is 4.20. The van der Waals surface area contributed by atoms with E-state index in [0.717, 1.165) is 35.7 Å². The molecule has 2 N–H and O–H groups in total. The van der Waals surface area contributed by atoms with E-state index in [-0.39, 0.29) is 0 Å². The third-order valence-corrected chi connectivity index (χ3v) is 3.54. The molecule has 118 valence electrons. The van der Waals surface area contributed by atoms with Crippen LogP contribution in [0.2, 0.25) is 5.02 Å². The zero-order valence-electron chi connectivity index (χ0n) is 12.6. The molecule has 6 nitrogen and oxygen atoms in total. The Bertz CT molecular complexity index is 775. The lowest BCUT2D eigenvalue weighted by molar-refractivity contribution is 0.414. The molecule has 0 amide bonds. The van der Waals surface area contributed by atoms with Gasteiger partial charge in [0, 0.05) is 23.0 Å². The number of rotatable bonds is 6. The van der Waals surface area contributed by atoms with Crippen LogP contribution in [0.3, 0.4) is 0 Å². The lowest BCUT2D eigenvalue weighted by Gasteiger charge is -2.05. The molecule has 0 aliphatic carbocycles. The summed E-state index contributed by atoms with van der Waals surface area (Å²) in [5.41, 5.74) is 2.15. The second-order valence-corrected chi connectivity index (χ2v) is 5.43. The third-order valence-electron chi connectivity index (χ3n) is 3.32. The van der Waals surface area contributed by atoms with Crippen molar-refractivity contribution in [2.45, 2.75) is 12.8 Å². The normalized spacial score (nSPS) is 10.5. The van der Waals surface area contributed by atoms with Gasteiger partial charge in [-0.1, -0.05) is 11.6 Å². The first-order valence-corrected chi connectivity index (χ1v) is 7.51. The van der Waals surface area contributed by atoms with Crippen molar-refractivity contribution >= 4 is 23.2 Å². The maximum atomic E-state index is 6.08. The number of aromatic nitrogens is 4. The molecule has 0 bridgehead atoms. The summed E-state index contributed by atoms with van der Waals surface area (Å²) in [7, 11) is 1.63. The smallest absolute Gasteiger partial charge is 0.153 e. The number of aromatic amines is 1. The topological polar surface area (TPSA) is 75.7 Å². The number of H-pyrrole nitrogens is 1. The zero-order chi connectivity index (χ0) is 16.1. The van der Waals surface area contributed by atoms with Gasteiger partial charge in [-0.3, -0.25) is 5.10 Å². The van der Waals surface area contributed by atoms with Crippen molar-refractivity contribution in [1.82, 2.24) is 20.2 Å². The minimum Gasteiger partial charge on any atom is -0.497 e. The van der Waals surface area contributed by atoms with Gasteiger partial charge >= 0.3 is 0 Å². The van der Waals surface area contributed by atoms with Crippen LogP contribution < -0.4 is 10.1 Å². The van der Waals surface area contributed by atoms with Gasteiger partial charge in [-0.05, 0) is 42.7 Å². The molecular weight excluding hydrogens is 314 g/mol. The maximum absolute atomic E-state index is 6.08. The average Bonchev–Trinajstić information content (AvgIpc) is 3.01. The van der Waals surface area contributed by atoms with Crippen molar-refractivity contribution < 1.29 is 4.74 Å². The van der Waals surface area contributed by atoms with Crippen LogP contribution in [-0.2, 0) is 12.8 Å². The van der Waals surface area contributed by atoms with Crippen LogP contribution in [-0.4, -0.2) is 27.3 Å². The van der Waals surface area contributed by atoms with Gasteiger partial charge < -0.3 is 10.1 Å². The van der Waals surface area contributed by atoms with Crippen LogP contribution in [0.25, 0.3) is 0 Å². The van der Waals surface area contributed by atoms with E-state index in [2.05, 4.69) is 25.5 Å². The highest BCUT2D eigenvalue weighted by molar-refractivity contribution is 6.30. The van der Waals surface area contributed by atoms with Gasteiger partial charge in [-0.15, -0.1) is 0 Å². The summed E-state index contributed by atoms with van der Waals surface area (Å²) in [5, 5.41) is 11.0. The van der Waals surface area contributed by atoms with Gasteiger partial charge in [0.2, 0.25) is 0 Å². The van der Waals surface area contributed by atoms with Crippen LogP contribution in [0.15, 0.2) is 42.9 Å². The van der Waals surface area contributed by atoms with Crippen LogP contribution in [0.5, 0.6) is 5.75 Å². The molecule has 0 atom stereocenters. The summed E-state index contributed by atoms with van der Waals surface area (Å²) in [4.78, 5) is 7.98. The summed E-state index contributed by atoms with van der Waals surface area (Å²) >= 11 is 6.08. The standard InChI is InChI=1S/C16H16ClN5O/c1-23-14-7-11(6-12(17)8-14)2-3-13-9-16(22-21-13)20-15-4-5-18-10-19-15/h4-10H,2-3H2,1H3,(H2,18,19,20,21,22). The molecule has 23 heavy (non-hydrogen) atoms. The Hall–Kier alpha value is -2.60. The Balaban J connectivity index is 1.62. The largest absolute Gasteiger partial charge is 0.497 e. The van der Waals surface area contributed by atoms with Crippen LogP contribution >= 0.6 is 11.6 Å². The minimum absolute atomic E-state index is 0.676. The molecule has 0 fully saturated rings. The molecule has 2 aromatic heterocycles. The van der Waals surface area contributed by atoms with Crippen molar-refractivity contribution in [3.63, 3.8) is 0 Å². The highest BCUT2D eigenvalue weighted by Crippen LogP contribution is 2.22. The van der Waals surface area contributed by atoms with Crippen LogP contribution in [0.4, 0.5) is 11.6 Å². The Kier molecular flexibility index (Phi) is 4.73. The van der Waals surface area contributed by atoms with E-state index in [1.807, 2.05) is 18.2 Å². The van der Waals surface area contributed by atoms with Crippen molar-refractivity contribution in [2.75, 3.05) is 12.4 Å². The fourth-order valence-electron chi connectivity index (χ4n) is 2.21. The molecule has 0 aliphatic rings. The van der Waals surface area contributed by atoms with Crippen molar-refractivity contribution in [2.24, 2.45) is 0 Å². The second kappa shape index (κ2) is 7.11. The maximum Gasteiger partial charge on any atom is 0.153 e. The number of nitrogens with zero attached hydrogens (tertiary/aromatic N) is 3. The first-order chi connectivity index (χ1) is 11.2. The van der Waals surface area contributed by atoms with Gasteiger partial charge in [-0.25, -0.2) is 9.97 Å². The zero-order valence-corrected chi connectivity index (χ0v) is 13.3. The highest BCUT2D eigenvalue weighted by Gasteiger charge is 2.05. The Morgan fingerprint density at radius 3 is 2.87 bits per heavy atom. The van der Waals surface area contributed by atoms with E-state index >= 15 is 0 Å². The molecule has 1 aromatic carbocycles. The monoisotopic (exact) mass is 329 g/mol. The number of ether oxygens (including phenoxy) is 1. The van der Waals surface area contributed by atoms with E-state index in [4.69, 9.17) is 16.3 Å². The molecule has 0 saturated carbocycles. The second-order valence-electron chi connectivity index (χ2n) is 5.00. The number of hydrogen-bond acceptors (Lipinski definition) is 5. The number of methoxy groups -OCH3 is 1. The molecule has 2 heterocycles. The SMILES string of the molecule is COc1cc(Cl)cc(CCc2cc(Nc3ccncn3)n[nH]2)c1. The Labute approximate surface area is 138 Å². The quantitative estimate of drug-likeness (QED) is 0.725. The molecule has 0 radical (unpaired) electrons. The summed E-state index contributed by atoms with van der Waals surface area (Å²) < 4.78 is 5.23. The lowest BCUT2D eigenvalue weighted by atomic mass is 10.1. The average molecular weight is 330 g/mol. The van der Waals surface area contributed by atoms with Crippen molar-refractivity contribution in [3.8, 4) is 5.75 Å².